The van der Waals surface area contributed by atoms with E-state index < -0.39 is 0 Å². The Balaban J connectivity index is 2.78. The second-order valence-electron chi connectivity index (χ2n) is 2.97. The molecule has 0 unspecified atom stereocenters. The fourth-order valence-electron chi connectivity index (χ4n) is 0.918. The molecule has 4 heteroatoms. The number of hydrogen-bond donors (Lipinski definition) is 1. The number of nitrogens with one attached hydrogen (secondary N) is 1. The number of hydrogen-bond acceptors (Lipinski definition) is 3. The first-order valence-electron chi connectivity index (χ1n) is 3.69. The lowest BCUT2D eigenvalue weighted by molar-refractivity contribution is -0.124. The van der Waals surface area contributed by atoms with E-state index in [-0.39, 0.29) is 11.8 Å². The van der Waals surface area contributed by atoms with Gasteiger partial charge in [0.25, 0.3) is 5.91 Å². The summed E-state index contributed by atoms with van der Waals surface area (Å²) in [6.45, 7) is 4.42. The highest BCUT2D eigenvalue weighted by Gasteiger charge is 2.22. The largest absolute Gasteiger partial charge is 0.322 e. The van der Waals surface area contributed by atoms with E-state index in [1.165, 1.54) is 0 Å². The summed E-state index contributed by atoms with van der Waals surface area (Å²) in [5.74, 6) is 0.219. The van der Waals surface area contributed by atoms with Crippen LogP contribution in [0.4, 0.5) is 0 Å². The maximum Gasteiger partial charge on any atom is 0.271 e. The van der Waals surface area contributed by atoms with Crippen LogP contribution in [-0.2, 0) is 4.79 Å². The Morgan fingerprint density at radius 2 is 2.27 bits per heavy atom. The van der Waals surface area contributed by atoms with Crippen molar-refractivity contribution in [2.75, 3.05) is 13.7 Å². The van der Waals surface area contributed by atoms with Crippen LogP contribution in [0.25, 0.3) is 0 Å². The van der Waals surface area contributed by atoms with E-state index in [1.807, 2.05) is 13.8 Å². The number of rotatable bonds is 1. The average molecular weight is 155 g/mol. The molecule has 11 heavy (non-hydrogen) atoms. The topological polar surface area (TPSA) is 44.7 Å². The van der Waals surface area contributed by atoms with Crippen LogP contribution in [0.3, 0.4) is 0 Å². The smallest absolute Gasteiger partial charge is 0.271 e. The Hall–Kier alpha value is -1.06. The molecule has 1 aliphatic heterocycles. The molecule has 0 atom stereocenters. The van der Waals surface area contributed by atoms with Gasteiger partial charge in [0.15, 0.2) is 0 Å². The van der Waals surface area contributed by atoms with Crippen LogP contribution >= 0.6 is 0 Å². The van der Waals surface area contributed by atoms with Crippen molar-refractivity contribution in [3.05, 3.63) is 0 Å². The zero-order valence-corrected chi connectivity index (χ0v) is 7.09. The first kappa shape index (κ1) is 8.04. The molecule has 0 saturated heterocycles. The molecule has 1 rings (SSSR count). The summed E-state index contributed by atoms with van der Waals surface area (Å²) in [5.41, 5.74) is 3.40. The Labute approximate surface area is 66.3 Å². The van der Waals surface area contributed by atoms with E-state index in [9.17, 15) is 4.79 Å². The van der Waals surface area contributed by atoms with Crippen LogP contribution in [0.15, 0.2) is 5.10 Å². The van der Waals surface area contributed by atoms with Gasteiger partial charge in [-0.1, -0.05) is 13.8 Å². The molecule has 0 fully saturated rings. The van der Waals surface area contributed by atoms with Crippen molar-refractivity contribution in [1.29, 1.82) is 0 Å². The molecule has 0 spiro atoms. The fraction of sp³-hybridized carbons (Fsp3) is 0.714. The number of amides is 1. The number of nitrogens with zero attached hydrogens (tertiary/aromatic N) is 2. The molecule has 0 saturated carbocycles. The summed E-state index contributed by atoms with van der Waals surface area (Å²) in [7, 11) is 1.76. The van der Waals surface area contributed by atoms with Crippen LogP contribution in [0.1, 0.15) is 13.8 Å². The summed E-state index contributed by atoms with van der Waals surface area (Å²) in [6, 6.07) is 0. The van der Waals surface area contributed by atoms with Crippen LogP contribution in [0.5, 0.6) is 0 Å². The van der Waals surface area contributed by atoms with Crippen LogP contribution < -0.4 is 5.43 Å². The predicted molar refractivity (Wildman–Crippen MR) is 43.0 cm³/mol. The molecule has 0 aliphatic carbocycles. The second-order valence-corrected chi connectivity index (χ2v) is 2.97. The van der Waals surface area contributed by atoms with Crippen LogP contribution in [0.2, 0.25) is 0 Å². The van der Waals surface area contributed by atoms with Gasteiger partial charge in [0.2, 0.25) is 0 Å². The minimum absolute atomic E-state index is 0.0266. The van der Waals surface area contributed by atoms with Crippen molar-refractivity contribution >= 4 is 11.6 Å². The number of carbonyl (C=O) groups excluding carboxylic acids is 1. The second kappa shape index (κ2) is 2.90. The van der Waals surface area contributed by atoms with Gasteiger partial charge in [-0.15, -0.1) is 0 Å². The first-order valence-corrected chi connectivity index (χ1v) is 3.69. The quantitative estimate of drug-likeness (QED) is 0.580. The van der Waals surface area contributed by atoms with Gasteiger partial charge in [-0.05, 0) is 0 Å². The van der Waals surface area contributed by atoms with Gasteiger partial charge in [-0.2, -0.15) is 5.10 Å². The van der Waals surface area contributed by atoms with Gasteiger partial charge in [0.1, 0.15) is 12.4 Å². The van der Waals surface area contributed by atoms with E-state index >= 15 is 0 Å². The third-order valence-electron chi connectivity index (χ3n) is 1.62. The Morgan fingerprint density at radius 1 is 1.64 bits per heavy atom. The first-order chi connectivity index (χ1) is 5.13. The van der Waals surface area contributed by atoms with Gasteiger partial charge in [0, 0.05) is 13.0 Å². The molecule has 0 bridgehead atoms. The molecule has 1 heterocycles. The zero-order chi connectivity index (χ0) is 8.43. The fourth-order valence-corrected chi connectivity index (χ4v) is 0.918. The van der Waals surface area contributed by atoms with Crippen molar-refractivity contribution in [3.63, 3.8) is 0 Å². The third kappa shape index (κ3) is 1.50. The summed E-state index contributed by atoms with van der Waals surface area (Å²) in [6.07, 6.45) is 0. The number of hydrazone groups is 1. The Kier molecular flexibility index (Phi) is 2.12. The maximum atomic E-state index is 11.3. The molecule has 4 nitrogen and oxygen atoms in total. The summed E-state index contributed by atoms with van der Waals surface area (Å²) in [4.78, 5) is 12.9. The van der Waals surface area contributed by atoms with Crippen molar-refractivity contribution in [3.8, 4) is 0 Å². The summed E-state index contributed by atoms with van der Waals surface area (Å²) >= 11 is 0. The van der Waals surface area contributed by atoms with Crippen molar-refractivity contribution in [2.45, 2.75) is 13.8 Å². The zero-order valence-electron chi connectivity index (χ0n) is 7.09. The molecule has 0 aromatic heterocycles. The van der Waals surface area contributed by atoms with Crippen molar-refractivity contribution in [1.82, 2.24) is 10.3 Å². The lowest BCUT2D eigenvalue weighted by Crippen LogP contribution is -2.45. The van der Waals surface area contributed by atoms with Crippen molar-refractivity contribution < 1.29 is 4.79 Å². The van der Waals surface area contributed by atoms with E-state index in [2.05, 4.69) is 10.5 Å². The molecule has 0 aromatic rings. The summed E-state index contributed by atoms with van der Waals surface area (Å²) < 4.78 is 0. The lowest BCUT2D eigenvalue weighted by Gasteiger charge is -2.24. The standard InChI is InChI=1S/C7H13N3O/c1-5(2)6-7(11)10(3)4-8-9-6/h5,8H,4H2,1-3H3. The normalized spacial score (nSPS) is 18.4. The number of carbonyl (C=O) groups is 1. The molecule has 1 N–H and O–H groups in total. The highest BCUT2D eigenvalue weighted by atomic mass is 16.2. The van der Waals surface area contributed by atoms with E-state index in [0.717, 1.165) is 0 Å². The summed E-state index contributed by atoms with van der Waals surface area (Å²) in [5, 5.41) is 3.94. The molecular weight excluding hydrogens is 142 g/mol. The molecule has 1 aliphatic rings. The highest BCUT2D eigenvalue weighted by Crippen LogP contribution is 2.03. The lowest BCUT2D eigenvalue weighted by atomic mass is 10.1. The third-order valence-corrected chi connectivity index (χ3v) is 1.62. The molecule has 0 aromatic carbocycles. The molecule has 1 amide bonds. The van der Waals surface area contributed by atoms with Gasteiger partial charge < -0.3 is 4.90 Å². The van der Waals surface area contributed by atoms with Crippen LogP contribution in [0, 0.1) is 5.92 Å². The van der Waals surface area contributed by atoms with Crippen LogP contribution in [-0.4, -0.2) is 30.2 Å². The predicted octanol–water partition coefficient (Wildman–Crippen LogP) is 0.0175. The van der Waals surface area contributed by atoms with Gasteiger partial charge in [-0.3, -0.25) is 10.2 Å². The monoisotopic (exact) mass is 155 g/mol. The van der Waals surface area contributed by atoms with Crippen molar-refractivity contribution in [2.24, 2.45) is 11.0 Å². The molecular formula is C7H13N3O. The van der Waals surface area contributed by atoms with Gasteiger partial charge in [-0.25, -0.2) is 0 Å². The SMILES string of the molecule is CC(C)C1=NNCN(C)C1=O. The average Bonchev–Trinajstić information content (AvgIpc) is 1.94. The Morgan fingerprint density at radius 3 is 2.73 bits per heavy atom. The molecule has 0 radical (unpaired) electrons. The van der Waals surface area contributed by atoms with E-state index in [1.54, 1.807) is 11.9 Å². The van der Waals surface area contributed by atoms with Gasteiger partial charge >= 0.3 is 0 Å². The Bertz CT molecular complexity index is 198. The highest BCUT2D eigenvalue weighted by molar-refractivity contribution is 6.39. The minimum Gasteiger partial charge on any atom is -0.322 e. The van der Waals surface area contributed by atoms with E-state index in [0.29, 0.717) is 12.4 Å². The maximum absolute atomic E-state index is 11.3. The minimum atomic E-state index is 0.0266. The van der Waals surface area contributed by atoms with E-state index in [4.69, 9.17) is 0 Å². The molecule has 62 valence electrons. The van der Waals surface area contributed by atoms with Gasteiger partial charge in [0.05, 0.1) is 0 Å².